The van der Waals surface area contributed by atoms with Crippen LogP contribution in [0.1, 0.15) is 28.9 Å². The molecule has 0 saturated carbocycles. The van der Waals surface area contributed by atoms with Crippen molar-refractivity contribution in [3.05, 3.63) is 76.8 Å². The van der Waals surface area contributed by atoms with Crippen LogP contribution in [0.4, 0.5) is 20.2 Å². The average Bonchev–Trinajstić information content (AvgIpc) is 3.33. The number of carbonyl (C=O) groups is 1. The molecule has 0 radical (unpaired) electrons. The molecule has 3 aromatic heterocycles. The number of nitrogens with zero attached hydrogens (tertiary/aromatic N) is 5. The van der Waals surface area contributed by atoms with E-state index in [1.54, 1.807) is 6.92 Å². The number of ether oxygens (including phenoxy) is 1. The van der Waals surface area contributed by atoms with Crippen molar-refractivity contribution in [2.45, 2.75) is 13.0 Å². The van der Waals surface area contributed by atoms with Gasteiger partial charge in [-0.3, -0.25) is 9.78 Å². The molecule has 12 heteroatoms. The van der Waals surface area contributed by atoms with Crippen molar-refractivity contribution >= 4 is 28.9 Å². The molecule has 0 aliphatic rings. The molecule has 9 nitrogen and oxygen atoms in total. The van der Waals surface area contributed by atoms with E-state index in [-0.39, 0.29) is 39.0 Å². The van der Waals surface area contributed by atoms with Crippen LogP contribution < -0.4 is 11.1 Å². The van der Waals surface area contributed by atoms with Gasteiger partial charge in [0.1, 0.15) is 11.6 Å². The van der Waals surface area contributed by atoms with Gasteiger partial charge in [0.25, 0.3) is 5.91 Å². The molecule has 0 saturated heterocycles. The molecule has 3 N–H and O–H groups in total. The fraction of sp³-hybridized carbons (Fsp3) is 0.136. The lowest BCUT2D eigenvalue weighted by molar-refractivity contribution is 0.102. The number of methoxy groups -OCH3 is 1. The van der Waals surface area contributed by atoms with E-state index in [2.05, 4.69) is 25.5 Å². The maximum atomic E-state index is 15.1. The minimum Gasteiger partial charge on any atom is -0.397 e. The zero-order chi connectivity index (χ0) is 24.4. The Hall–Kier alpha value is -3.96. The molecule has 0 aliphatic carbocycles. The summed E-state index contributed by atoms with van der Waals surface area (Å²) in [6.45, 7) is 1.71. The van der Waals surface area contributed by atoms with E-state index in [4.69, 9.17) is 22.1 Å². The fourth-order valence-corrected chi connectivity index (χ4v) is 3.52. The molecular formula is C22H18ClF2N7O2. The van der Waals surface area contributed by atoms with Crippen LogP contribution >= 0.6 is 11.6 Å². The number of benzene rings is 1. The highest BCUT2D eigenvalue weighted by molar-refractivity contribution is 6.32. The van der Waals surface area contributed by atoms with Gasteiger partial charge in [0.05, 0.1) is 58.5 Å². The van der Waals surface area contributed by atoms with Crippen LogP contribution in [0.15, 0.2) is 49.1 Å². The number of rotatable bonds is 6. The normalized spacial score (nSPS) is 11.9. The molecule has 0 fully saturated rings. The summed E-state index contributed by atoms with van der Waals surface area (Å²) < 4.78 is 33.9. The predicted molar refractivity (Wildman–Crippen MR) is 122 cm³/mol. The predicted octanol–water partition coefficient (Wildman–Crippen LogP) is 4.20. The lowest BCUT2D eigenvalue weighted by Crippen LogP contribution is -2.16. The largest absolute Gasteiger partial charge is 0.397 e. The number of aromatic nitrogens is 5. The first-order valence-electron chi connectivity index (χ1n) is 9.89. The lowest BCUT2D eigenvalue weighted by Gasteiger charge is -2.18. The summed E-state index contributed by atoms with van der Waals surface area (Å²) in [5, 5.41) is 10.6. The van der Waals surface area contributed by atoms with Gasteiger partial charge in [-0.1, -0.05) is 11.6 Å². The Bertz CT molecular complexity index is 1370. The van der Waals surface area contributed by atoms with Crippen LogP contribution in [0.2, 0.25) is 5.02 Å². The average molecular weight is 486 g/mol. The molecule has 174 valence electrons. The third-order valence-corrected chi connectivity index (χ3v) is 5.28. The smallest absolute Gasteiger partial charge is 0.258 e. The topological polar surface area (TPSA) is 121 Å². The highest BCUT2D eigenvalue weighted by atomic mass is 35.5. The van der Waals surface area contributed by atoms with E-state index in [9.17, 15) is 9.18 Å². The molecule has 1 atom stereocenters. The molecule has 0 bridgehead atoms. The van der Waals surface area contributed by atoms with Crippen LogP contribution in [-0.2, 0) is 4.74 Å². The SMILES string of the molecule is CO[C@@H](C)c1cc(C(=O)Nc2cnc(-n3nccn3)c(Cl)c2)c(F)cc1-c1ncc(F)cc1N. The van der Waals surface area contributed by atoms with Crippen LogP contribution in [-0.4, -0.2) is 38.0 Å². The molecule has 0 aliphatic heterocycles. The standard InChI is InChI=1S/C22H18ClF2N7O2/c1-11(34-2)14-7-16(18(25)8-15(14)20-19(26)5-12(24)9-27-20)22(33)31-13-6-17(23)21(28-10-13)32-29-3-4-30-32/h3-11H,26H2,1-2H3,(H,31,33)/t11-/m0/s1. The first-order chi connectivity index (χ1) is 16.3. The Morgan fingerprint density at radius 1 is 1.15 bits per heavy atom. The van der Waals surface area contributed by atoms with Crippen molar-refractivity contribution in [2.24, 2.45) is 0 Å². The Kier molecular flexibility index (Phi) is 6.48. The monoisotopic (exact) mass is 485 g/mol. The zero-order valence-electron chi connectivity index (χ0n) is 18.0. The molecule has 1 amide bonds. The van der Waals surface area contributed by atoms with Gasteiger partial charge >= 0.3 is 0 Å². The quantitative estimate of drug-likeness (QED) is 0.420. The third kappa shape index (κ3) is 4.56. The number of amides is 1. The highest BCUT2D eigenvalue weighted by Crippen LogP contribution is 2.34. The fourth-order valence-electron chi connectivity index (χ4n) is 3.28. The van der Waals surface area contributed by atoms with Crippen molar-refractivity contribution in [3.8, 4) is 17.1 Å². The van der Waals surface area contributed by atoms with Gasteiger partial charge in [-0.05, 0) is 30.7 Å². The highest BCUT2D eigenvalue weighted by Gasteiger charge is 2.22. The third-order valence-electron chi connectivity index (χ3n) is 5.00. The van der Waals surface area contributed by atoms with Crippen molar-refractivity contribution < 1.29 is 18.3 Å². The summed E-state index contributed by atoms with van der Waals surface area (Å²) in [4.78, 5) is 22.3. The van der Waals surface area contributed by atoms with Crippen molar-refractivity contribution in [2.75, 3.05) is 18.2 Å². The first-order valence-corrected chi connectivity index (χ1v) is 10.3. The van der Waals surface area contributed by atoms with E-state index in [1.807, 2.05) is 0 Å². The minimum atomic E-state index is -0.832. The zero-order valence-corrected chi connectivity index (χ0v) is 18.7. The molecule has 0 spiro atoms. The molecule has 4 aromatic rings. The Morgan fingerprint density at radius 3 is 2.53 bits per heavy atom. The Balaban J connectivity index is 1.69. The number of hydrogen-bond acceptors (Lipinski definition) is 7. The molecular weight excluding hydrogens is 468 g/mol. The maximum absolute atomic E-state index is 15.1. The summed E-state index contributed by atoms with van der Waals surface area (Å²) in [6.07, 6.45) is 4.70. The van der Waals surface area contributed by atoms with Crippen molar-refractivity contribution in [1.29, 1.82) is 0 Å². The first kappa shape index (κ1) is 23.2. The number of halogens is 3. The molecule has 0 unspecified atom stereocenters. The van der Waals surface area contributed by atoms with Crippen molar-refractivity contribution in [3.63, 3.8) is 0 Å². The Morgan fingerprint density at radius 2 is 1.88 bits per heavy atom. The second-order valence-corrected chi connectivity index (χ2v) is 7.60. The summed E-state index contributed by atoms with van der Waals surface area (Å²) in [5.41, 5.74) is 6.80. The number of nitrogens with one attached hydrogen (secondary N) is 1. The number of hydrogen-bond donors (Lipinski definition) is 2. The van der Waals surface area contributed by atoms with Gasteiger partial charge in [0.15, 0.2) is 5.82 Å². The second kappa shape index (κ2) is 9.49. The molecule has 1 aromatic carbocycles. The van der Waals surface area contributed by atoms with Gasteiger partial charge in [-0.15, -0.1) is 4.80 Å². The maximum Gasteiger partial charge on any atom is 0.258 e. The number of carbonyl (C=O) groups excluding carboxylic acids is 1. The van der Waals surface area contributed by atoms with Gasteiger partial charge in [-0.25, -0.2) is 13.8 Å². The summed E-state index contributed by atoms with van der Waals surface area (Å²) in [6, 6.07) is 4.99. The van der Waals surface area contributed by atoms with Gasteiger partial charge < -0.3 is 15.8 Å². The van der Waals surface area contributed by atoms with E-state index in [0.29, 0.717) is 5.56 Å². The number of anilines is 2. The second-order valence-electron chi connectivity index (χ2n) is 7.19. The van der Waals surface area contributed by atoms with Crippen LogP contribution in [0.25, 0.3) is 17.1 Å². The molecule has 34 heavy (non-hydrogen) atoms. The minimum absolute atomic E-state index is 0.0219. The van der Waals surface area contributed by atoms with E-state index in [1.165, 1.54) is 42.6 Å². The summed E-state index contributed by atoms with van der Waals surface area (Å²) in [5.74, 6) is -1.93. The molecule has 4 rings (SSSR count). The van der Waals surface area contributed by atoms with Gasteiger partial charge in [-0.2, -0.15) is 10.2 Å². The number of pyridine rings is 2. The lowest BCUT2D eigenvalue weighted by atomic mass is 9.95. The molecule has 3 heterocycles. The van der Waals surface area contributed by atoms with E-state index >= 15 is 4.39 Å². The van der Waals surface area contributed by atoms with E-state index < -0.39 is 23.6 Å². The number of nitrogen functional groups attached to an aromatic ring is 1. The van der Waals surface area contributed by atoms with Gasteiger partial charge in [0.2, 0.25) is 0 Å². The van der Waals surface area contributed by atoms with Crippen molar-refractivity contribution in [1.82, 2.24) is 25.0 Å². The van der Waals surface area contributed by atoms with Gasteiger partial charge in [0, 0.05) is 18.7 Å². The van der Waals surface area contributed by atoms with E-state index in [0.717, 1.165) is 18.3 Å². The summed E-state index contributed by atoms with van der Waals surface area (Å²) >= 11 is 6.23. The summed E-state index contributed by atoms with van der Waals surface area (Å²) in [7, 11) is 1.46. The van der Waals surface area contributed by atoms with Crippen LogP contribution in [0, 0.1) is 11.6 Å². The van der Waals surface area contributed by atoms with Crippen LogP contribution in [0.5, 0.6) is 0 Å². The van der Waals surface area contributed by atoms with Crippen LogP contribution in [0.3, 0.4) is 0 Å². The number of nitrogens with two attached hydrogens (primary N) is 1. The Labute approximate surface area is 197 Å².